The van der Waals surface area contributed by atoms with Crippen molar-refractivity contribution in [3.8, 4) is 0 Å². The molecule has 8 heteroatoms. The molecule has 2 rings (SSSR count). The van der Waals surface area contributed by atoms with Gasteiger partial charge in [-0.05, 0) is 33.3 Å². The van der Waals surface area contributed by atoms with Crippen LogP contribution < -0.4 is 0 Å². The Morgan fingerprint density at radius 3 is 2.50 bits per heavy atom. The minimum atomic E-state index is -3.31. The number of allylic oxidation sites excluding steroid dienone is 2. The second kappa shape index (κ2) is 8.80. The van der Waals surface area contributed by atoms with E-state index in [-0.39, 0.29) is 48.7 Å². The van der Waals surface area contributed by atoms with Crippen molar-refractivity contribution in [2.24, 2.45) is 0 Å². The molecule has 0 saturated heterocycles. The number of carbonyl (C=O) groups is 2. The van der Waals surface area contributed by atoms with Crippen molar-refractivity contribution in [2.75, 3.05) is 13.2 Å². The van der Waals surface area contributed by atoms with Gasteiger partial charge in [-0.3, -0.25) is 14.2 Å². The summed E-state index contributed by atoms with van der Waals surface area (Å²) in [6, 6.07) is 1.51. The Balaban J connectivity index is 2.17. The first-order valence-corrected chi connectivity index (χ1v) is 10.5. The molecule has 0 spiro atoms. The molecule has 0 amide bonds. The lowest BCUT2D eigenvalue weighted by molar-refractivity contribution is -0.116. The van der Waals surface area contributed by atoms with Crippen molar-refractivity contribution < 1.29 is 32.7 Å². The van der Waals surface area contributed by atoms with Crippen LogP contribution in [-0.2, 0) is 24.6 Å². The van der Waals surface area contributed by atoms with Crippen LogP contribution >= 0.6 is 7.60 Å². The molecule has 7 nitrogen and oxygen atoms in total. The highest BCUT2D eigenvalue weighted by Crippen LogP contribution is 2.52. The lowest BCUT2D eigenvalue weighted by atomic mass is 9.92. The lowest BCUT2D eigenvalue weighted by Crippen LogP contribution is -2.15. The summed E-state index contributed by atoms with van der Waals surface area (Å²) in [5, 5.41) is 9.87. The van der Waals surface area contributed by atoms with Crippen molar-refractivity contribution >= 4 is 19.2 Å². The van der Waals surface area contributed by atoms with Crippen LogP contribution in [0.2, 0.25) is 0 Å². The summed E-state index contributed by atoms with van der Waals surface area (Å²) >= 11 is 0. The maximum atomic E-state index is 12.7. The first kappa shape index (κ1) is 20.6. The Kier molecular flexibility index (Phi) is 6.98. The average molecular weight is 384 g/mol. The van der Waals surface area contributed by atoms with Crippen molar-refractivity contribution in [2.45, 2.75) is 52.6 Å². The van der Waals surface area contributed by atoms with E-state index >= 15 is 0 Å². The molecular weight excluding hydrogens is 359 g/mol. The van der Waals surface area contributed by atoms with E-state index in [0.717, 1.165) is 0 Å². The normalized spacial score (nSPS) is 15.6. The molecule has 0 atom stereocenters. The van der Waals surface area contributed by atoms with Crippen LogP contribution in [0.4, 0.5) is 0 Å². The van der Waals surface area contributed by atoms with Crippen LogP contribution in [0.3, 0.4) is 0 Å². The van der Waals surface area contributed by atoms with Crippen LogP contribution in [-0.4, -0.2) is 29.9 Å². The summed E-state index contributed by atoms with van der Waals surface area (Å²) < 4.78 is 28.7. The average Bonchev–Trinajstić information content (AvgIpc) is 2.92. The first-order valence-electron chi connectivity index (χ1n) is 8.74. The zero-order valence-electron chi connectivity index (χ0n) is 15.4. The number of furan rings is 1. The summed E-state index contributed by atoms with van der Waals surface area (Å²) in [5.41, 5.74) is 0.720. The van der Waals surface area contributed by atoms with Crippen molar-refractivity contribution in [3.63, 3.8) is 0 Å². The minimum Gasteiger partial charge on any atom is -0.512 e. The van der Waals surface area contributed by atoms with E-state index < -0.39 is 13.4 Å². The quantitative estimate of drug-likeness (QED) is 0.494. The summed E-state index contributed by atoms with van der Waals surface area (Å²) in [6.45, 7) is 5.61. The van der Waals surface area contributed by atoms with E-state index in [1.807, 2.05) is 0 Å². The van der Waals surface area contributed by atoms with Gasteiger partial charge in [-0.15, -0.1) is 0 Å². The van der Waals surface area contributed by atoms with Gasteiger partial charge in [0, 0.05) is 30.4 Å². The number of carbonyl (C=O) groups excluding carboxylic acids is 2. The number of hydrogen-bond acceptors (Lipinski definition) is 7. The highest BCUT2D eigenvalue weighted by molar-refractivity contribution is 7.53. The Morgan fingerprint density at radius 1 is 1.27 bits per heavy atom. The van der Waals surface area contributed by atoms with Crippen LogP contribution in [0.25, 0.3) is 0 Å². The second-order valence-corrected chi connectivity index (χ2v) is 8.15. The number of aryl methyl sites for hydroxylation is 1. The summed E-state index contributed by atoms with van der Waals surface area (Å²) in [5.74, 6) is -0.117. The number of ketones is 2. The molecule has 0 fully saturated rings. The van der Waals surface area contributed by atoms with Crippen LogP contribution in [0.1, 0.15) is 61.4 Å². The molecule has 0 bridgehead atoms. The van der Waals surface area contributed by atoms with Crippen LogP contribution in [0.15, 0.2) is 21.8 Å². The molecule has 1 aliphatic rings. The Bertz CT molecular complexity index is 750. The van der Waals surface area contributed by atoms with Gasteiger partial charge in [0.2, 0.25) is 5.78 Å². The number of Topliss-reactive ketones (excluding diaryl/α,β-unsaturated/α-hetero) is 2. The smallest absolute Gasteiger partial charge is 0.335 e. The second-order valence-electron chi connectivity index (χ2n) is 6.10. The van der Waals surface area contributed by atoms with Gasteiger partial charge in [0.05, 0.1) is 25.1 Å². The zero-order valence-corrected chi connectivity index (χ0v) is 16.3. The molecule has 0 radical (unpaired) electrons. The Labute approximate surface area is 152 Å². The van der Waals surface area contributed by atoms with Gasteiger partial charge in [0.15, 0.2) is 11.5 Å². The third-order valence-corrected chi connectivity index (χ3v) is 6.18. The third kappa shape index (κ3) is 4.93. The zero-order chi connectivity index (χ0) is 19.3. The highest BCUT2D eigenvalue weighted by atomic mass is 31.2. The fraction of sp³-hybridized carbons (Fsp3) is 0.556. The number of aliphatic hydroxyl groups is 1. The number of aliphatic hydroxyl groups excluding tert-OH is 1. The van der Waals surface area contributed by atoms with Gasteiger partial charge < -0.3 is 18.6 Å². The number of rotatable bonds is 9. The molecule has 0 unspecified atom stereocenters. The summed E-state index contributed by atoms with van der Waals surface area (Å²) in [4.78, 5) is 24.4. The SMILES string of the molecule is CCOP(=O)(Cc1cc(C(=O)CC2=C(O)CCCC2=O)oc1C)OCC. The molecule has 26 heavy (non-hydrogen) atoms. The molecule has 1 aromatic heterocycles. The third-order valence-electron chi connectivity index (χ3n) is 4.15. The summed E-state index contributed by atoms with van der Waals surface area (Å²) in [6.07, 6.45) is 1.13. The van der Waals surface area contributed by atoms with E-state index in [0.29, 0.717) is 30.6 Å². The number of hydrogen-bond donors (Lipinski definition) is 1. The highest BCUT2D eigenvalue weighted by Gasteiger charge is 2.29. The fourth-order valence-corrected chi connectivity index (χ4v) is 4.65. The lowest BCUT2D eigenvalue weighted by Gasteiger charge is -2.16. The van der Waals surface area contributed by atoms with E-state index in [2.05, 4.69) is 0 Å². The topological polar surface area (TPSA) is 103 Å². The molecule has 0 aliphatic heterocycles. The monoisotopic (exact) mass is 384 g/mol. The van der Waals surface area contributed by atoms with Gasteiger partial charge >= 0.3 is 7.60 Å². The molecule has 1 heterocycles. The van der Waals surface area contributed by atoms with E-state index in [4.69, 9.17) is 13.5 Å². The van der Waals surface area contributed by atoms with Crippen LogP contribution in [0, 0.1) is 6.92 Å². The molecule has 0 aromatic carbocycles. The first-order chi connectivity index (χ1) is 12.3. The van der Waals surface area contributed by atoms with E-state index in [1.54, 1.807) is 20.8 Å². The molecule has 1 aliphatic carbocycles. The molecule has 1 aromatic rings. The minimum absolute atomic E-state index is 0.00414. The predicted octanol–water partition coefficient (Wildman–Crippen LogP) is 4.49. The fourth-order valence-electron chi connectivity index (χ4n) is 2.87. The van der Waals surface area contributed by atoms with Gasteiger partial charge in [0.1, 0.15) is 5.76 Å². The Hall–Kier alpha value is -1.69. The van der Waals surface area contributed by atoms with Crippen molar-refractivity contribution in [1.82, 2.24) is 0 Å². The van der Waals surface area contributed by atoms with Gasteiger partial charge in [-0.25, -0.2) is 0 Å². The molecule has 1 N–H and O–H groups in total. The molecule has 0 saturated carbocycles. The van der Waals surface area contributed by atoms with Gasteiger partial charge in [-0.1, -0.05) is 0 Å². The molecule has 144 valence electrons. The standard InChI is InChI=1S/C18H25O7P/c1-4-23-26(22,24-5-2)11-13-9-18(25-12(13)3)17(21)10-14-15(19)7-6-8-16(14)20/h9,19H,4-8,10-11H2,1-3H3. The maximum Gasteiger partial charge on any atom is 0.335 e. The maximum absolute atomic E-state index is 12.7. The van der Waals surface area contributed by atoms with E-state index in [1.165, 1.54) is 6.07 Å². The van der Waals surface area contributed by atoms with E-state index in [9.17, 15) is 19.3 Å². The van der Waals surface area contributed by atoms with Crippen molar-refractivity contribution in [3.05, 3.63) is 34.5 Å². The molecular formula is C18H25O7P. The largest absolute Gasteiger partial charge is 0.512 e. The summed E-state index contributed by atoms with van der Waals surface area (Å²) in [7, 11) is -3.31. The van der Waals surface area contributed by atoms with Gasteiger partial charge in [0.25, 0.3) is 0 Å². The van der Waals surface area contributed by atoms with Gasteiger partial charge in [-0.2, -0.15) is 0 Å². The van der Waals surface area contributed by atoms with Crippen LogP contribution in [0.5, 0.6) is 0 Å². The predicted molar refractivity (Wildman–Crippen MR) is 95.5 cm³/mol. The Morgan fingerprint density at radius 2 is 1.92 bits per heavy atom. The van der Waals surface area contributed by atoms with Crippen molar-refractivity contribution in [1.29, 1.82) is 0 Å².